The molecular formula is C11H14N2O2. The second kappa shape index (κ2) is 3.88. The van der Waals surface area contributed by atoms with E-state index in [1.165, 1.54) is 5.56 Å². The van der Waals surface area contributed by atoms with E-state index in [0.29, 0.717) is 18.3 Å². The highest BCUT2D eigenvalue weighted by molar-refractivity contribution is 5.86. The van der Waals surface area contributed by atoms with Crippen molar-refractivity contribution >= 4 is 11.9 Å². The summed E-state index contributed by atoms with van der Waals surface area (Å²) >= 11 is 0. The van der Waals surface area contributed by atoms with Crippen LogP contribution in [0, 0.1) is 0 Å². The molecule has 0 saturated carbocycles. The number of amides is 1. The van der Waals surface area contributed by atoms with E-state index < -0.39 is 6.09 Å². The average molecular weight is 206 g/mol. The van der Waals surface area contributed by atoms with Crippen molar-refractivity contribution < 1.29 is 9.53 Å². The highest BCUT2D eigenvalue weighted by Gasteiger charge is 2.21. The third-order valence-corrected chi connectivity index (χ3v) is 2.80. The SMILES string of the molecule is CCC(C)c1ccnc2c1COC(=O)N2. The van der Waals surface area contributed by atoms with Crippen LogP contribution in [0.4, 0.5) is 10.6 Å². The molecular weight excluding hydrogens is 192 g/mol. The van der Waals surface area contributed by atoms with Gasteiger partial charge in [-0.2, -0.15) is 0 Å². The molecule has 2 heterocycles. The lowest BCUT2D eigenvalue weighted by Crippen LogP contribution is -2.22. The van der Waals surface area contributed by atoms with Gasteiger partial charge in [-0.15, -0.1) is 0 Å². The fourth-order valence-electron chi connectivity index (χ4n) is 1.72. The largest absolute Gasteiger partial charge is 0.444 e. The number of hydrogen-bond donors (Lipinski definition) is 1. The molecule has 1 aromatic heterocycles. The molecule has 4 heteroatoms. The number of cyclic esters (lactones) is 1. The molecule has 0 spiro atoms. The molecule has 1 unspecified atom stereocenters. The van der Waals surface area contributed by atoms with Gasteiger partial charge in [0.1, 0.15) is 12.4 Å². The van der Waals surface area contributed by atoms with Gasteiger partial charge in [0.25, 0.3) is 0 Å². The van der Waals surface area contributed by atoms with Crippen molar-refractivity contribution in [2.24, 2.45) is 0 Å². The van der Waals surface area contributed by atoms with Crippen LogP contribution in [0.2, 0.25) is 0 Å². The summed E-state index contributed by atoms with van der Waals surface area (Å²) in [6.07, 6.45) is 2.37. The fraction of sp³-hybridized carbons (Fsp3) is 0.455. The topological polar surface area (TPSA) is 51.2 Å². The summed E-state index contributed by atoms with van der Waals surface area (Å²) in [6.45, 7) is 4.63. The third-order valence-electron chi connectivity index (χ3n) is 2.80. The van der Waals surface area contributed by atoms with E-state index in [1.807, 2.05) is 6.07 Å². The Balaban J connectivity index is 2.41. The van der Waals surface area contributed by atoms with Crippen molar-refractivity contribution in [2.75, 3.05) is 5.32 Å². The maximum atomic E-state index is 11.0. The number of fused-ring (bicyclic) bond motifs is 1. The van der Waals surface area contributed by atoms with Crippen LogP contribution in [0.15, 0.2) is 12.3 Å². The predicted octanol–water partition coefficient (Wildman–Crippen LogP) is 2.66. The standard InChI is InChI=1S/C11H14N2O2/c1-3-7(2)8-4-5-12-10-9(8)6-15-11(14)13-10/h4-5,7H,3,6H2,1-2H3,(H,12,13,14). The molecule has 15 heavy (non-hydrogen) atoms. The molecule has 1 N–H and O–H groups in total. The Morgan fingerprint density at radius 2 is 2.47 bits per heavy atom. The number of aromatic nitrogens is 1. The van der Waals surface area contributed by atoms with Gasteiger partial charge < -0.3 is 4.74 Å². The fourth-order valence-corrected chi connectivity index (χ4v) is 1.72. The Hall–Kier alpha value is -1.58. The first-order valence-electron chi connectivity index (χ1n) is 5.14. The maximum absolute atomic E-state index is 11.0. The van der Waals surface area contributed by atoms with Crippen molar-refractivity contribution in [3.8, 4) is 0 Å². The molecule has 0 aliphatic carbocycles. The summed E-state index contributed by atoms with van der Waals surface area (Å²) in [4.78, 5) is 15.1. The molecule has 1 aliphatic heterocycles. The van der Waals surface area contributed by atoms with Gasteiger partial charge in [0.05, 0.1) is 0 Å². The third kappa shape index (κ3) is 1.79. The molecule has 80 valence electrons. The van der Waals surface area contributed by atoms with Crippen LogP contribution in [0.1, 0.15) is 37.3 Å². The number of hydrogen-bond acceptors (Lipinski definition) is 3. The minimum Gasteiger partial charge on any atom is -0.444 e. The van der Waals surface area contributed by atoms with Crippen LogP contribution in [0.25, 0.3) is 0 Å². The lowest BCUT2D eigenvalue weighted by Gasteiger charge is -2.21. The molecule has 4 nitrogen and oxygen atoms in total. The van der Waals surface area contributed by atoms with Crippen molar-refractivity contribution in [3.05, 3.63) is 23.4 Å². The molecule has 0 bridgehead atoms. The first kappa shape index (κ1) is 9.96. The molecule has 0 fully saturated rings. The van der Waals surface area contributed by atoms with Gasteiger partial charge in [-0.25, -0.2) is 9.78 Å². The molecule has 1 amide bonds. The minimum absolute atomic E-state index is 0.328. The zero-order valence-corrected chi connectivity index (χ0v) is 8.91. The van der Waals surface area contributed by atoms with Crippen LogP contribution in [-0.4, -0.2) is 11.1 Å². The van der Waals surface area contributed by atoms with Crippen LogP contribution in [0.5, 0.6) is 0 Å². The number of rotatable bonds is 2. The summed E-state index contributed by atoms with van der Waals surface area (Å²) in [7, 11) is 0. The van der Waals surface area contributed by atoms with Crippen molar-refractivity contribution in [1.29, 1.82) is 0 Å². The van der Waals surface area contributed by atoms with Gasteiger partial charge >= 0.3 is 6.09 Å². The normalized spacial score (nSPS) is 16.3. The second-order valence-corrected chi connectivity index (χ2v) is 3.74. The van der Waals surface area contributed by atoms with Gasteiger partial charge in [-0.05, 0) is 24.0 Å². The molecule has 2 rings (SSSR count). The average Bonchev–Trinajstić information content (AvgIpc) is 2.26. The van der Waals surface area contributed by atoms with Crippen LogP contribution >= 0.6 is 0 Å². The van der Waals surface area contributed by atoms with E-state index in [1.54, 1.807) is 6.20 Å². The monoisotopic (exact) mass is 206 g/mol. The van der Waals surface area contributed by atoms with Gasteiger partial charge in [0.15, 0.2) is 0 Å². The number of ether oxygens (including phenoxy) is 1. The smallest absolute Gasteiger partial charge is 0.413 e. The summed E-state index contributed by atoms with van der Waals surface area (Å²) in [5, 5.41) is 2.61. The van der Waals surface area contributed by atoms with E-state index in [4.69, 9.17) is 4.74 Å². The molecule has 1 aromatic rings. The van der Waals surface area contributed by atoms with E-state index >= 15 is 0 Å². The summed E-state index contributed by atoms with van der Waals surface area (Å²) in [6, 6.07) is 1.99. The maximum Gasteiger partial charge on any atom is 0.413 e. The summed E-state index contributed by atoms with van der Waals surface area (Å²) in [5.41, 5.74) is 2.22. The van der Waals surface area contributed by atoms with Crippen molar-refractivity contribution in [3.63, 3.8) is 0 Å². The summed E-state index contributed by atoms with van der Waals surface area (Å²) < 4.78 is 4.95. The van der Waals surface area contributed by atoms with Crippen molar-refractivity contribution in [2.45, 2.75) is 32.8 Å². The second-order valence-electron chi connectivity index (χ2n) is 3.74. The Labute approximate surface area is 88.7 Å². The Morgan fingerprint density at radius 1 is 1.67 bits per heavy atom. The zero-order valence-electron chi connectivity index (χ0n) is 8.91. The van der Waals surface area contributed by atoms with E-state index in [9.17, 15) is 4.79 Å². The lowest BCUT2D eigenvalue weighted by molar-refractivity contribution is 0.150. The molecule has 1 aliphatic rings. The van der Waals surface area contributed by atoms with Gasteiger partial charge in [-0.3, -0.25) is 5.32 Å². The molecule has 1 atom stereocenters. The number of carbonyl (C=O) groups is 1. The van der Waals surface area contributed by atoms with E-state index in [2.05, 4.69) is 24.1 Å². The van der Waals surface area contributed by atoms with E-state index in [0.717, 1.165) is 12.0 Å². The van der Waals surface area contributed by atoms with Gasteiger partial charge in [-0.1, -0.05) is 13.8 Å². The molecule has 0 saturated heterocycles. The zero-order chi connectivity index (χ0) is 10.8. The Morgan fingerprint density at radius 3 is 3.20 bits per heavy atom. The number of nitrogens with one attached hydrogen (secondary N) is 1. The Kier molecular flexibility index (Phi) is 2.58. The lowest BCUT2D eigenvalue weighted by atomic mass is 9.94. The van der Waals surface area contributed by atoms with Crippen LogP contribution in [-0.2, 0) is 11.3 Å². The summed E-state index contributed by atoms with van der Waals surface area (Å²) in [5.74, 6) is 1.10. The minimum atomic E-state index is -0.420. The predicted molar refractivity (Wildman–Crippen MR) is 56.8 cm³/mol. The van der Waals surface area contributed by atoms with E-state index in [-0.39, 0.29) is 0 Å². The van der Waals surface area contributed by atoms with Crippen LogP contribution < -0.4 is 5.32 Å². The number of carbonyl (C=O) groups excluding carboxylic acids is 1. The quantitative estimate of drug-likeness (QED) is 0.809. The van der Waals surface area contributed by atoms with Crippen molar-refractivity contribution in [1.82, 2.24) is 4.98 Å². The van der Waals surface area contributed by atoms with Gasteiger partial charge in [0.2, 0.25) is 0 Å². The number of anilines is 1. The Bertz CT molecular complexity index is 390. The van der Waals surface area contributed by atoms with Gasteiger partial charge in [0, 0.05) is 11.8 Å². The highest BCUT2D eigenvalue weighted by Crippen LogP contribution is 2.29. The molecule has 0 aromatic carbocycles. The first-order chi connectivity index (χ1) is 7.22. The number of nitrogens with zero attached hydrogens (tertiary/aromatic N) is 1. The van der Waals surface area contributed by atoms with Crippen LogP contribution in [0.3, 0.4) is 0 Å². The number of pyridine rings is 1. The highest BCUT2D eigenvalue weighted by atomic mass is 16.5. The molecule has 0 radical (unpaired) electrons. The first-order valence-corrected chi connectivity index (χ1v) is 5.14.